The number of imidazole rings is 1. The molecule has 132 valence electrons. The number of para-hydroxylation sites is 2. The highest BCUT2D eigenvalue weighted by Crippen LogP contribution is 2.23. The van der Waals surface area contributed by atoms with Crippen molar-refractivity contribution in [3.8, 4) is 0 Å². The van der Waals surface area contributed by atoms with Crippen LogP contribution in [-0.4, -0.2) is 20.4 Å². The summed E-state index contributed by atoms with van der Waals surface area (Å²) >= 11 is 0. The molecule has 5 nitrogen and oxygen atoms in total. The van der Waals surface area contributed by atoms with Crippen molar-refractivity contribution in [1.29, 1.82) is 0 Å². The Hall–Kier alpha value is -3.08. The van der Waals surface area contributed by atoms with Crippen LogP contribution in [0.25, 0.3) is 21.9 Å². The molecule has 2 aromatic heterocycles. The molecule has 2 N–H and O–H groups in total. The number of aromatic amines is 1. The number of rotatable bonds is 4. The first kappa shape index (κ1) is 16.4. The molecular weight excluding hydrogens is 324 g/mol. The Kier molecular flexibility index (Phi) is 3.99. The van der Waals surface area contributed by atoms with Gasteiger partial charge in [0, 0.05) is 24.3 Å². The van der Waals surface area contributed by atoms with Crippen molar-refractivity contribution in [2.75, 3.05) is 0 Å². The van der Waals surface area contributed by atoms with Crippen LogP contribution >= 0.6 is 0 Å². The van der Waals surface area contributed by atoms with Gasteiger partial charge in [0.1, 0.15) is 5.82 Å². The minimum atomic E-state index is -0.181. The van der Waals surface area contributed by atoms with Crippen molar-refractivity contribution in [2.45, 2.75) is 19.9 Å². The molecule has 4 aromatic rings. The first-order valence-corrected chi connectivity index (χ1v) is 8.83. The minimum absolute atomic E-state index is 0.0905. The monoisotopic (exact) mass is 346 g/mol. The minimum Gasteiger partial charge on any atom is -0.351 e. The Morgan fingerprint density at radius 3 is 2.73 bits per heavy atom. The van der Waals surface area contributed by atoms with Gasteiger partial charge < -0.3 is 14.9 Å². The van der Waals surface area contributed by atoms with Gasteiger partial charge >= 0.3 is 0 Å². The van der Waals surface area contributed by atoms with Crippen LogP contribution in [0.15, 0.2) is 54.7 Å². The van der Waals surface area contributed by atoms with E-state index in [4.69, 9.17) is 0 Å². The number of H-pyrrole nitrogens is 1. The summed E-state index contributed by atoms with van der Waals surface area (Å²) in [5.74, 6) is 0.903. The van der Waals surface area contributed by atoms with Crippen LogP contribution in [0.2, 0.25) is 0 Å². The number of carbonyl (C=O) groups is 1. The Balaban J connectivity index is 1.64. The van der Waals surface area contributed by atoms with Gasteiger partial charge in [-0.3, -0.25) is 4.79 Å². The molecule has 0 bridgehead atoms. The zero-order valence-corrected chi connectivity index (χ0v) is 15.2. The fraction of sp³-hybridized carbons (Fsp3) is 0.238. The summed E-state index contributed by atoms with van der Waals surface area (Å²) in [6.07, 6.45) is 2.00. The predicted molar refractivity (Wildman–Crippen MR) is 104 cm³/mol. The van der Waals surface area contributed by atoms with Crippen molar-refractivity contribution in [3.63, 3.8) is 0 Å². The van der Waals surface area contributed by atoms with E-state index >= 15 is 0 Å². The van der Waals surface area contributed by atoms with Gasteiger partial charge in [-0.15, -0.1) is 0 Å². The number of nitrogens with zero attached hydrogens (tertiary/aromatic N) is 2. The van der Waals surface area contributed by atoms with Gasteiger partial charge in [0.25, 0.3) is 5.91 Å². The first-order chi connectivity index (χ1) is 12.5. The molecule has 0 fully saturated rings. The van der Waals surface area contributed by atoms with E-state index in [9.17, 15) is 4.79 Å². The molecule has 0 saturated heterocycles. The lowest BCUT2D eigenvalue weighted by Gasteiger charge is -2.20. The maximum Gasteiger partial charge on any atom is 0.251 e. The van der Waals surface area contributed by atoms with E-state index in [2.05, 4.69) is 29.1 Å². The van der Waals surface area contributed by atoms with Gasteiger partial charge in [-0.1, -0.05) is 32.0 Å². The molecule has 0 spiro atoms. The first-order valence-electron chi connectivity index (χ1n) is 8.83. The second-order valence-corrected chi connectivity index (χ2v) is 7.03. The van der Waals surface area contributed by atoms with Crippen molar-refractivity contribution in [3.05, 3.63) is 66.1 Å². The molecule has 0 aliphatic rings. The quantitative estimate of drug-likeness (QED) is 0.582. The molecule has 0 radical (unpaired) electrons. The highest BCUT2D eigenvalue weighted by atomic mass is 16.1. The van der Waals surface area contributed by atoms with Gasteiger partial charge in [-0.25, -0.2) is 4.98 Å². The number of nitrogens with one attached hydrogen (secondary N) is 2. The summed E-state index contributed by atoms with van der Waals surface area (Å²) in [6, 6.07) is 15.5. The molecule has 4 rings (SSSR count). The van der Waals surface area contributed by atoms with Crippen LogP contribution in [0.5, 0.6) is 0 Å². The summed E-state index contributed by atoms with van der Waals surface area (Å²) in [5, 5.41) is 4.27. The van der Waals surface area contributed by atoms with Crippen molar-refractivity contribution in [2.24, 2.45) is 13.0 Å². The van der Waals surface area contributed by atoms with E-state index in [1.807, 2.05) is 66.3 Å². The molecule has 0 saturated carbocycles. The third-order valence-corrected chi connectivity index (χ3v) is 4.81. The fourth-order valence-electron chi connectivity index (χ4n) is 3.30. The van der Waals surface area contributed by atoms with Crippen LogP contribution in [0.3, 0.4) is 0 Å². The van der Waals surface area contributed by atoms with Crippen molar-refractivity contribution < 1.29 is 4.79 Å². The standard InChI is InChI=1S/C21H22N4O/c1-13(2)19(20-22-16-6-4-5-7-17(16)23-20)24-21(26)15-9-8-14-10-11-25(3)18(14)12-15/h4-13,19H,1-3H3,(H,22,23)(H,24,26). The van der Waals surface area contributed by atoms with Crippen LogP contribution in [0, 0.1) is 5.92 Å². The van der Waals surface area contributed by atoms with Gasteiger partial charge in [-0.05, 0) is 41.6 Å². The van der Waals surface area contributed by atoms with Gasteiger partial charge in [0.05, 0.1) is 17.1 Å². The molecular formula is C21H22N4O. The Morgan fingerprint density at radius 1 is 1.15 bits per heavy atom. The number of amides is 1. The maximum atomic E-state index is 12.9. The number of hydrogen-bond acceptors (Lipinski definition) is 2. The van der Waals surface area contributed by atoms with E-state index in [1.165, 1.54) is 0 Å². The van der Waals surface area contributed by atoms with Gasteiger partial charge in [0.15, 0.2) is 0 Å². The third-order valence-electron chi connectivity index (χ3n) is 4.81. The smallest absolute Gasteiger partial charge is 0.251 e. The summed E-state index contributed by atoms with van der Waals surface area (Å²) in [4.78, 5) is 20.9. The van der Waals surface area contributed by atoms with E-state index in [-0.39, 0.29) is 17.9 Å². The van der Waals surface area contributed by atoms with E-state index in [0.717, 1.165) is 27.8 Å². The van der Waals surface area contributed by atoms with Crippen molar-refractivity contribution in [1.82, 2.24) is 19.9 Å². The average molecular weight is 346 g/mol. The third kappa shape index (κ3) is 2.86. The lowest BCUT2D eigenvalue weighted by molar-refractivity contribution is 0.0923. The number of fused-ring (bicyclic) bond motifs is 2. The average Bonchev–Trinajstić information content (AvgIpc) is 3.22. The lowest BCUT2D eigenvalue weighted by atomic mass is 10.0. The lowest BCUT2D eigenvalue weighted by Crippen LogP contribution is -2.32. The molecule has 1 unspecified atom stereocenters. The van der Waals surface area contributed by atoms with E-state index in [0.29, 0.717) is 5.56 Å². The largest absolute Gasteiger partial charge is 0.351 e. The molecule has 1 atom stereocenters. The Bertz CT molecular complexity index is 1060. The summed E-state index contributed by atoms with van der Waals surface area (Å²) in [5.41, 5.74) is 3.59. The van der Waals surface area contributed by atoms with E-state index in [1.54, 1.807) is 0 Å². The van der Waals surface area contributed by atoms with Gasteiger partial charge in [0.2, 0.25) is 0 Å². The molecule has 1 amide bonds. The number of aryl methyl sites for hydroxylation is 1. The van der Waals surface area contributed by atoms with Crippen LogP contribution in [0.4, 0.5) is 0 Å². The zero-order chi connectivity index (χ0) is 18.3. The maximum absolute atomic E-state index is 12.9. The highest BCUT2D eigenvalue weighted by Gasteiger charge is 2.22. The molecule has 26 heavy (non-hydrogen) atoms. The zero-order valence-electron chi connectivity index (χ0n) is 15.2. The van der Waals surface area contributed by atoms with Crippen molar-refractivity contribution >= 4 is 27.8 Å². The SMILES string of the molecule is CC(C)C(NC(=O)c1ccc2ccn(C)c2c1)c1nc2ccccc2[nH]1. The van der Waals surface area contributed by atoms with Crippen LogP contribution in [0.1, 0.15) is 36.1 Å². The van der Waals surface area contributed by atoms with Gasteiger partial charge in [-0.2, -0.15) is 0 Å². The molecule has 2 heterocycles. The molecule has 2 aromatic carbocycles. The fourth-order valence-corrected chi connectivity index (χ4v) is 3.30. The second-order valence-electron chi connectivity index (χ2n) is 7.03. The summed E-state index contributed by atoms with van der Waals surface area (Å²) in [6.45, 7) is 4.16. The molecule has 0 aliphatic carbocycles. The normalized spacial score (nSPS) is 12.8. The summed E-state index contributed by atoms with van der Waals surface area (Å²) in [7, 11) is 1.98. The van der Waals surface area contributed by atoms with Crippen LogP contribution in [-0.2, 0) is 7.05 Å². The second kappa shape index (κ2) is 6.33. The number of carbonyl (C=O) groups excluding carboxylic acids is 1. The Labute approximate surface area is 152 Å². The topological polar surface area (TPSA) is 62.7 Å². The number of benzene rings is 2. The predicted octanol–water partition coefficient (Wildman–Crippen LogP) is 4.18. The highest BCUT2D eigenvalue weighted by molar-refractivity contribution is 5.98. The summed E-state index contributed by atoms with van der Waals surface area (Å²) < 4.78 is 2.02. The van der Waals surface area contributed by atoms with E-state index < -0.39 is 0 Å². The number of hydrogen-bond donors (Lipinski definition) is 2. The molecule has 5 heteroatoms. The van der Waals surface area contributed by atoms with Crippen LogP contribution < -0.4 is 5.32 Å². The molecule has 0 aliphatic heterocycles. The Morgan fingerprint density at radius 2 is 1.96 bits per heavy atom. The number of aromatic nitrogens is 3.